The molecule has 0 spiro atoms. The highest BCUT2D eigenvalue weighted by molar-refractivity contribution is 9.13. The van der Waals surface area contributed by atoms with E-state index in [0.717, 1.165) is 32.3 Å². The van der Waals surface area contributed by atoms with Crippen molar-refractivity contribution in [2.45, 2.75) is 5.92 Å². The molecule has 0 bridgehead atoms. The molecule has 2 aromatic heterocycles. The Morgan fingerprint density at radius 1 is 1.08 bits per heavy atom. The molecule has 0 radical (unpaired) electrons. The number of rotatable bonds is 5. The van der Waals surface area contributed by atoms with Crippen LogP contribution in [0, 0.1) is 0 Å². The Morgan fingerprint density at radius 3 is 2.32 bits per heavy atom. The zero-order chi connectivity index (χ0) is 18.0. The van der Waals surface area contributed by atoms with Gasteiger partial charge in [-0.2, -0.15) is 0 Å². The molecular formula is C18H14Br2N2O3. The number of carbonyl (C=O) groups is 2. The lowest BCUT2D eigenvalue weighted by Crippen LogP contribution is -2.06. The molecule has 0 saturated carbocycles. The fourth-order valence-electron chi connectivity index (χ4n) is 2.70. The maximum Gasteiger partial charge on any atom is 0.337 e. The highest BCUT2D eigenvalue weighted by atomic mass is 79.9. The molecule has 0 amide bonds. The Bertz CT molecular complexity index is 893. The number of H-pyrrole nitrogens is 2. The van der Waals surface area contributed by atoms with E-state index in [1.165, 1.54) is 7.11 Å². The fraction of sp³-hybridized carbons (Fsp3) is 0.111. The molecule has 2 heterocycles. The van der Waals surface area contributed by atoms with Gasteiger partial charge in [-0.25, -0.2) is 4.79 Å². The smallest absolute Gasteiger partial charge is 0.337 e. The molecule has 128 valence electrons. The van der Waals surface area contributed by atoms with Gasteiger partial charge in [-0.3, -0.25) is 4.79 Å². The molecule has 5 nitrogen and oxygen atoms in total. The number of aldehydes is 1. The first-order valence-corrected chi connectivity index (χ1v) is 8.98. The first-order chi connectivity index (χ1) is 12.0. The maximum absolute atomic E-state index is 11.6. The number of benzene rings is 1. The monoisotopic (exact) mass is 464 g/mol. The van der Waals surface area contributed by atoms with E-state index < -0.39 is 0 Å². The lowest BCUT2D eigenvalue weighted by Gasteiger charge is -2.16. The van der Waals surface area contributed by atoms with Gasteiger partial charge in [0.1, 0.15) is 0 Å². The highest BCUT2D eigenvalue weighted by Crippen LogP contribution is 2.35. The molecule has 7 heteroatoms. The van der Waals surface area contributed by atoms with Crippen LogP contribution in [-0.2, 0) is 4.74 Å². The van der Waals surface area contributed by atoms with Crippen molar-refractivity contribution in [3.8, 4) is 0 Å². The molecule has 0 aliphatic rings. The maximum atomic E-state index is 11.6. The first kappa shape index (κ1) is 17.7. The van der Waals surface area contributed by atoms with Gasteiger partial charge < -0.3 is 14.7 Å². The van der Waals surface area contributed by atoms with Gasteiger partial charge in [-0.15, -0.1) is 0 Å². The predicted molar refractivity (Wildman–Crippen MR) is 101 cm³/mol. The summed E-state index contributed by atoms with van der Waals surface area (Å²) in [4.78, 5) is 29.1. The largest absolute Gasteiger partial charge is 0.465 e. The highest BCUT2D eigenvalue weighted by Gasteiger charge is 2.21. The normalized spacial score (nSPS) is 12.0. The van der Waals surface area contributed by atoms with E-state index in [4.69, 9.17) is 4.74 Å². The number of esters is 1. The standard InChI is InChI=1S/C18H14Br2N2O3/c1-25-18(24)11-4-2-10(3-5-11)16(14-7-6-12(9-23)21-14)15-8-13(19)17(20)22-15/h2-9,16,21-22H,1H3. The van der Waals surface area contributed by atoms with E-state index in [-0.39, 0.29) is 11.9 Å². The van der Waals surface area contributed by atoms with Crippen LogP contribution in [0.2, 0.25) is 0 Å². The number of aromatic nitrogens is 2. The van der Waals surface area contributed by atoms with Crippen LogP contribution in [-0.4, -0.2) is 29.3 Å². The Labute approximate surface area is 161 Å². The molecule has 3 rings (SSSR count). The molecule has 25 heavy (non-hydrogen) atoms. The van der Waals surface area contributed by atoms with Gasteiger partial charge >= 0.3 is 5.97 Å². The third-order valence-corrected chi connectivity index (χ3v) is 5.67. The number of methoxy groups -OCH3 is 1. The van der Waals surface area contributed by atoms with E-state index in [2.05, 4.69) is 41.8 Å². The topological polar surface area (TPSA) is 75.0 Å². The van der Waals surface area contributed by atoms with Crippen LogP contribution in [0.25, 0.3) is 0 Å². The van der Waals surface area contributed by atoms with Crippen LogP contribution in [0.1, 0.15) is 43.7 Å². The Hall–Kier alpha value is -2.12. The van der Waals surface area contributed by atoms with Crippen LogP contribution in [0.4, 0.5) is 0 Å². The SMILES string of the molecule is COC(=O)c1ccc(C(c2ccc(C=O)[nH]2)c2cc(Br)c(Br)[nH]2)cc1. The minimum Gasteiger partial charge on any atom is -0.465 e. The zero-order valence-electron chi connectivity index (χ0n) is 13.2. The van der Waals surface area contributed by atoms with Crippen molar-refractivity contribution in [1.82, 2.24) is 9.97 Å². The first-order valence-electron chi connectivity index (χ1n) is 7.39. The van der Waals surface area contributed by atoms with Crippen molar-refractivity contribution < 1.29 is 14.3 Å². The molecule has 2 N–H and O–H groups in total. The summed E-state index contributed by atoms with van der Waals surface area (Å²) in [5, 5.41) is 0. The molecule has 0 aliphatic heterocycles. The minimum atomic E-state index is -0.378. The third kappa shape index (κ3) is 3.62. The molecule has 0 fully saturated rings. The van der Waals surface area contributed by atoms with E-state index >= 15 is 0 Å². The van der Waals surface area contributed by atoms with Gasteiger partial charge in [0.2, 0.25) is 0 Å². The summed E-state index contributed by atoms with van der Waals surface area (Å²) >= 11 is 6.94. The Morgan fingerprint density at radius 2 is 1.80 bits per heavy atom. The Balaban J connectivity index is 2.07. The summed E-state index contributed by atoms with van der Waals surface area (Å²) in [7, 11) is 1.35. The van der Waals surface area contributed by atoms with Gasteiger partial charge in [0.05, 0.1) is 28.9 Å². The van der Waals surface area contributed by atoms with Crippen LogP contribution >= 0.6 is 31.9 Å². The number of carbonyl (C=O) groups excluding carboxylic acids is 2. The average molecular weight is 466 g/mol. The van der Waals surface area contributed by atoms with Gasteiger partial charge in [0.15, 0.2) is 6.29 Å². The van der Waals surface area contributed by atoms with Crippen LogP contribution in [0.3, 0.4) is 0 Å². The summed E-state index contributed by atoms with van der Waals surface area (Å²) in [5.41, 5.74) is 3.76. The molecule has 0 aliphatic carbocycles. The van der Waals surface area contributed by atoms with Crippen molar-refractivity contribution in [3.05, 3.63) is 79.7 Å². The summed E-state index contributed by atoms with van der Waals surface area (Å²) in [6, 6.07) is 12.8. The van der Waals surface area contributed by atoms with E-state index in [1.54, 1.807) is 18.2 Å². The van der Waals surface area contributed by atoms with E-state index in [9.17, 15) is 9.59 Å². The third-order valence-electron chi connectivity index (χ3n) is 3.89. The average Bonchev–Trinajstić information content (AvgIpc) is 3.22. The van der Waals surface area contributed by atoms with Gasteiger partial charge in [-0.05, 0) is 67.8 Å². The molecule has 0 saturated heterocycles. The summed E-state index contributed by atoms with van der Waals surface area (Å²) in [6.07, 6.45) is 0.779. The van der Waals surface area contributed by atoms with Gasteiger partial charge in [0, 0.05) is 15.9 Å². The van der Waals surface area contributed by atoms with Crippen molar-refractivity contribution in [2.75, 3.05) is 7.11 Å². The predicted octanol–water partition coefficient (Wildman–Crippen LogP) is 4.65. The van der Waals surface area contributed by atoms with Crippen molar-refractivity contribution in [1.29, 1.82) is 0 Å². The van der Waals surface area contributed by atoms with Crippen molar-refractivity contribution in [3.63, 3.8) is 0 Å². The van der Waals surface area contributed by atoms with Crippen molar-refractivity contribution in [2.24, 2.45) is 0 Å². The summed E-state index contributed by atoms with van der Waals surface area (Å²) in [5.74, 6) is -0.528. The Kier molecular flexibility index (Phi) is 5.24. The second-order valence-electron chi connectivity index (χ2n) is 5.42. The van der Waals surface area contributed by atoms with Gasteiger partial charge in [0.25, 0.3) is 0 Å². The molecule has 1 unspecified atom stereocenters. The lowest BCUT2D eigenvalue weighted by atomic mass is 9.92. The van der Waals surface area contributed by atoms with Crippen LogP contribution in [0.15, 0.2) is 51.5 Å². The second kappa shape index (κ2) is 7.41. The number of halogens is 2. The van der Waals surface area contributed by atoms with Crippen LogP contribution < -0.4 is 0 Å². The zero-order valence-corrected chi connectivity index (χ0v) is 16.3. The minimum absolute atomic E-state index is 0.150. The van der Waals surface area contributed by atoms with E-state index in [1.807, 2.05) is 24.3 Å². The number of hydrogen-bond acceptors (Lipinski definition) is 3. The lowest BCUT2D eigenvalue weighted by molar-refractivity contribution is 0.0600. The van der Waals surface area contributed by atoms with Crippen molar-refractivity contribution >= 4 is 44.1 Å². The molecule has 1 aromatic carbocycles. The fourth-order valence-corrected chi connectivity index (χ4v) is 3.39. The van der Waals surface area contributed by atoms with E-state index in [0.29, 0.717) is 11.3 Å². The number of nitrogens with one attached hydrogen (secondary N) is 2. The molecular weight excluding hydrogens is 452 g/mol. The quantitative estimate of drug-likeness (QED) is 0.425. The summed E-state index contributed by atoms with van der Waals surface area (Å²) < 4.78 is 6.48. The summed E-state index contributed by atoms with van der Waals surface area (Å²) in [6.45, 7) is 0. The second-order valence-corrected chi connectivity index (χ2v) is 7.07. The number of aromatic amines is 2. The van der Waals surface area contributed by atoms with Crippen LogP contribution in [0.5, 0.6) is 0 Å². The number of hydrogen-bond donors (Lipinski definition) is 2. The van der Waals surface area contributed by atoms with Gasteiger partial charge in [-0.1, -0.05) is 12.1 Å². The molecule has 1 atom stereocenters. The number of ether oxygens (including phenoxy) is 1. The molecule has 3 aromatic rings.